The van der Waals surface area contributed by atoms with E-state index in [0.717, 1.165) is 26.3 Å². The van der Waals surface area contributed by atoms with E-state index in [4.69, 9.17) is 26.9 Å². The fourth-order valence-corrected chi connectivity index (χ4v) is 6.03. The Morgan fingerprint density at radius 2 is 1.72 bits per heavy atom. The summed E-state index contributed by atoms with van der Waals surface area (Å²) in [4.78, 5) is 34.4. The summed E-state index contributed by atoms with van der Waals surface area (Å²) in [6.45, 7) is 9.42. The third kappa shape index (κ3) is 6.44. The van der Waals surface area contributed by atoms with Crippen LogP contribution < -0.4 is 9.16 Å². The van der Waals surface area contributed by atoms with Gasteiger partial charge in [0.25, 0.3) is 17.9 Å². The van der Waals surface area contributed by atoms with Crippen molar-refractivity contribution >= 4 is 35.3 Å². The molecule has 0 spiro atoms. The Hall–Kier alpha value is -2.64. The fourth-order valence-electron chi connectivity index (χ4n) is 2.59. The molecule has 0 radical (unpaired) electrons. The van der Waals surface area contributed by atoms with Crippen LogP contribution in [0, 0.1) is 0 Å². The van der Waals surface area contributed by atoms with Crippen LogP contribution in [0.3, 0.4) is 0 Å². The number of carbonyl (C=O) groups excluding carboxylic acids is 3. The molecule has 2 rings (SSSR count). The minimum Gasteiger partial charge on any atom is -0.517 e. The molecule has 1 aromatic rings. The van der Waals surface area contributed by atoms with Gasteiger partial charge in [-0.1, -0.05) is 0 Å². The minimum atomic E-state index is -3.92. The van der Waals surface area contributed by atoms with Gasteiger partial charge >= 0.3 is 17.4 Å². The second-order valence-electron chi connectivity index (χ2n) is 6.44. The second kappa shape index (κ2) is 9.24. The van der Waals surface area contributed by atoms with Crippen molar-refractivity contribution in [3.05, 3.63) is 36.0 Å². The number of hydrogen-bond donors (Lipinski definition) is 0. The van der Waals surface area contributed by atoms with E-state index in [9.17, 15) is 14.4 Å². The summed E-state index contributed by atoms with van der Waals surface area (Å²) in [7, 11) is -6.31. The average Bonchev–Trinajstić information content (AvgIpc) is 2.60. The van der Waals surface area contributed by atoms with Gasteiger partial charge < -0.3 is 26.9 Å². The molecule has 0 N–H and O–H groups in total. The molecule has 0 saturated carbocycles. The lowest BCUT2D eigenvalue weighted by Gasteiger charge is -2.31. The molecule has 0 bridgehead atoms. The first-order valence-electron chi connectivity index (χ1n) is 8.87. The number of rotatable bonds is 8. The number of ether oxygens (including phenoxy) is 1. The van der Waals surface area contributed by atoms with Crippen LogP contribution in [0.25, 0.3) is 0 Å². The van der Waals surface area contributed by atoms with Crippen LogP contribution in [-0.4, -0.2) is 41.9 Å². The van der Waals surface area contributed by atoms with Gasteiger partial charge in [-0.2, -0.15) is 0 Å². The summed E-state index contributed by atoms with van der Waals surface area (Å²) >= 11 is 0. The molecule has 1 atom stereocenters. The third-order valence-corrected chi connectivity index (χ3v) is 8.50. The lowest BCUT2D eigenvalue weighted by Crippen LogP contribution is -2.50. The molecule has 0 aromatic heterocycles. The first-order valence-corrected chi connectivity index (χ1v) is 13.2. The van der Waals surface area contributed by atoms with E-state index in [-0.39, 0.29) is 12.7 Å². The summed E-state index contributed by atoms with van der Waals surface area (Å²) in [5.41, 5.74) is 2.53. The van der Waals surface area contributed by atoms with E-state index >= 15 is 0 Å². The topological polar surface area (TPSA) is 107 Å². The van der Waals surface area contributed by atoms with Crippen molar-refractivity contribution in [1.29, 1.82) is 0 Å². The molecular formula is C18H24O9Si2. The number of benzene rings is 1. The zero-order valence-corrected chi connectivity index (χ0v) is 18.8. The molecule has 0 saturated heterocycles. The molecule has 1 aliphatic heterocycles. The summed E-state index contributed by atoms with van der Waals surface area (Å²) in [6, 6.07) is 5.17. The van der Waals surface area contributed by atoms with E-state index in [0.29, 0.717) is 18.1 Å². The number of hydrogen-bond acceptors (Lipinski definition) is 9. The van der Waals surface area contributed by atoms with Crippen molar-refractivity contribution < 1.29 is 41.3 Å². The molecule has 0 fully saturated rings. The van der Waals surface area contributed by atoms with Crippen molar-refractivity contribution in [2.24, 2.45) is 0 Å². The smallest absolute Gasteiger partial charge is 0.517 e. The second-order valence-corrected chi connectivity index (χ2v) is 11.9. The number of carbonyl (C=O) groups is 3. The largest absolute Gasteiger partial charge is 0.708 e. The molecule has 1 heterocycles. The Kier molecular flexibility index (Phi) is 7.22. The maximum Gasteiger partial charge on any atom is 0.708 e. The summed E-state index contributed by atoms with van der Waals surface area (Å²) in [5.74, 6) is -0.956. The summed E-state index contributed by atoms with van der Waals surface area (Å²) in [6.07, 6.45) is 0. The molecule has 9 nitrogen and oxygen atoms in total. The highest BCUT2D eigenvalue weighted by molar-refractivity contribution is 6.72. The van der Waals surface area contributed by atoms with E-state index in [1.165, 1.54) is 0 Å². The zero-order chi connectivity index (χ0) is 21.7. The molecule has 0 aliphatic carbocycles. The van der Waals surface area contributed by atoms with E-state index in [2.05, 4.69) is 6.58 Å². The van der Waals surface area contributed by atoms with Crippen LogP contribution in [0.2, 0.25) is 12.6 Å². The Bertz CT molecular complexity index is 770. The summed E-state index contributed by atoms with van der Waals surface area (Å²) < 4.78 is 32.7. The molecule has 29 heavy (non-hydrogen) atoms. The number of fused-ring (bicyclic) bond motifs is 1. The lowest BCUT2D eigenvalue weighted by molar-refractivity contribution is -0.147. The van der Waals surface area contributed by atoms with Crippen LogP contribution in [-0.2, 0) is 38.7 Å². The van der Waals surface area contributed by atoms with Gasteiger partial charge in [0.1, 0.15) is 11.5 Å². The molecule has 158 valence electrons. The van der Waals surface area contributed by atoms with Gasteiger partial charge in [-0.05, 0) is 30.4 Å². The lowest BCUT2D eigenvalue weighted by atomic mass is 10.2. The summed E-state index contributed by atoms with van der Waals surface area (Å²) in [5, 5.41) is 0. The highest BCUT2D eigenvalue weighted by Crippen LogP contribution is 2.32. The minimum absolute atomic E-state index is 0.0142. The zero-order valence-electron chi connectivity index (χ0n) is 16.8. The van der Waals surface area contributed by atoms with Crippen molar-refractivity contribution in [2.45, 2.75) is 40.0 Å². The van der Waals surface area contributed by atoms with Gasteiger partial charge in [-0.25, -0.2) is 0 Å². The quantitative estimate of drug-likeness (QED) is 0.563. The average molecular weight is 441 g/mol. The SMILES string of the molecule is C=C[Si]1(C)OCc2cc(OCC[Si](OC(C)=O)(OC(C)=O)OC(C)=O)ccc2O1. The van der Waals surface area contributed by atoms with Crippen LogP contribution in [0.1, 0.15) is 26.3 Å². The van der Waals surface area contributed by atoms with E-state index in [1.54, 1.807) is 23.9 Å². The van der Waals surface area contributed by atoms with Gasteiger partial charge in [0.2, 0.25) is 0 Å². The monoisotopic (exact) mass is 440 g/mol. The van der Waals surface area contributed by atoms with E-state index in [1.807, 2.05) is 6.55 Å². The highest BCUT2D eigenvalue weighted by atomic mass is 28.4. The molecule has 1 aromatic carbocycles. The fraction of sp³-hybridized carbons (Fsp3) is 0.389. The van der Waals surface area contributed by atoms with Crippen LogP contribution in [0.5, 0.6) is 11.5 Å². The van der Waals surface area contributed by atoms with Crippen molar-refractivity contribution in [3.63, 3.8) is 0 Å². The Morgan fingerprint density at radius 1 is 1.14 bits per heavy atom. The first kappa shape index (κ1) is 22.7. The Morgan fingerprint density at radius 3 is 2.24 bits per heavy atom. The van der Waals surface area contributed by atoms with Gasteiger partial charge in [0.15, 0.2) is 0 Å². The third-order valence-electron chi connectivity index (χ3n) is 3.80. The molecule has 1 aliphatic rings. The van der Waals surface area contributed by atoms with Gasteiger partial charge in [-0.15, -0.1) is 6.58 Å². The van der Waals surface area contributed by atoms with Crippen molar-refractivity contribution in [2.75, 3.05) is 6.61 Å². The van der Waals surface area contributed by atoms with Crippen LogP contribution >= 0.6 is 0 Å². The van der Waals surface area contributed by atoms with Gasteiger partial charge in [-0.3, -0.25) is 14.4 Å². The van der Waals surface area contributed by atoms with Crippen LogP contribution in [0.4, 0.5) is 0 Å². The Balaban J connectivity index is 2.08. The maximum absolute atomic E-state index is 11.5. The maximum atomic E-state index is 11.5. The predicted octanol–water partition coefficient (Wildman–Crippen LogP) is 2.40. The predicted molar refractivity (Wildman–Crippen MR) is 105 cm³/mol. The molecule has 1 unspecified atom stereocenters. The molecule has 0 amide bonds. The molecule has 11 heteroatoms. The van der Waals surface area contributed by atoms with Crippen molar-refractivity contribution in [3.8, 4) is 11.5 Å². The normalized spacial score (nSPS) is 17.9. The van der Waals surface area contributed by atoms with Crippen molar-refractivity contribution in [1.82, 2.24) is 0 Å². The van der Waals surface area contributed by atoms with Gasteiger partial charge in [0, 0.05) is 26.3 Å². The first-order chi connectivity index (χ1) is 13.6. The van der Waals surface area contributed by atoms with Gasteiger partial charge in [0.05, 0.1) is 19.3 Å². The standard InChI is InChI=1S/C18H24O9Si2/c1-6-28(5)23-12-16-11-17(7-8-18(16)27-28)22-9-10-29(24-13(2)19,25-14(3)20)26-15(4)21/h6-8,11H,1,9-10,12H2,2-5H3. The highest BCUT2D eigenvalue weighted by Gasteiger charge is 2.51. The van der Waals surface area contributed by atoms with Crippen LogP contribution in [0.15, 0.2) is 30.5 Å². The Labute approximate surface area is 171 Å². The van der Waals surface area contributed by atoms with E-state index < -0.39 is 35.3 Å². The molecular weight excluding hydrogens is 416 g/mol.